The minimum Gasteiger partial charge on any atom is -0.398 e. The quantitative estimate of drug-likeness (QED) is 0.730. The smallest absolute Gasteiger partial charge is 0.264 e. The summed E-state index contributed by atoms with van der Waals surface area (Å²) in [4.78, 5) is 22.9. The minimum atomic E-state index is -3.90. The van der Waals surface area contributed by atoms with Crippen molar-refractivity contribution in [3.8, 4) is 0 Å². The average molecular weight is 333 g/mol. The van der Waals surface area contributed by atoms with Gasteiger partial charge in [-0.2, -0.15) is 0 Å². The third kappa shape index (κ3) is 4.07. The molecule has 0 atom stereocenters. The molecule has 0 fully saturated rings. The van der Waals surface area contributed by atoms with Crippen LogP contribution >= 0.6 is 0 Å². The first-order chi connectivity index (χ1) is 10.8. The molecule has 0 spiro atoms. The van der Waals surface area contributed by atoms with Crippen LogP contribution < -0.4 is 15.8 Å². The first kappa shape index (κ1) is 16.5. The minimum absolute atomic E-state index is 0.0788. The van der Waals surface area contributed by atoms with E-state index in [9.17, 15) is 18.0 Å². The van der Waals surface area contributed by atoms with Crippen molar-refractivity contribution in [1.29, 1.82) is 0 Å². The molecule has 23 heavy (non-hydrogen) atoms. The Labute approximate surface area is 133 Å². The molecule has 0 heterocycles. The molecule has 0 unspecified atom stereocenters. The van der Waals surface area contributed by atoms with Crippen LogP contribution in [0.15, 0.2) is 53.4 Å². The molecule has 0 radical (unpaired) electrons. The van der Waals surface area contributed by atoms with E-state index in [2.05, 4.69) is 5.32 Å². The molecule has 7 nitrogen and oxygen atoms in total. The number of sulfonamides is 1. The fraction of sp³-hybridized carbons (Fsp3) is 0.0667. The highest BCUT2D eigenvalue weighted by molar-refractivity contribution is 7.90. The third-order valence-electron chi connectivity index (χ3n) is 2.91. The molecule has 4 N–H and O–H groups in total. The zero-order valence-electron chi connectivity index (χ0n) is 12.2. The maximum absolute atomic E-state index is 12.1. The molecule has 2 amide bonds. The SMILES string of the molecule is CC(=O)NS(=O)(=O)c1ccc(NC(=O)c2ccccc2N)cc1. The molecule has 0 bridgehead atoms. The van der Waals surface area contributed by atoms with Crippen LogP contribution in [0.3, 0.4) is 0 Å². The van der Waals surface area contributed by atoms with E-state index >= 15 is 0 Å². The summed E-state index contributed by atoms with van der Waals surface area (Å²) in [5, 5.41) is 2.62. The number of hydrogen-bond donors (Lipinski definition) is 3. The van der Waals surface area contributed by atoms with Gasteiger partial charge in [-0.25, -0.2) is 13.1 Å². The lowest BCUT2D eigenvalue weighted by atomic mass is 10.1. The van der Waals surface area contributed by atoms with Gasteiger partial charge in [0.25, 0.3) is 15.9 Å². The molecule has 0 aliphatic rings. The number of amides is 2. The van der Waals surface area contributed by atoms with Gasteiger partial charge in [-0.15, -0.1) is 0 Å². The Bertz CT molecular complexity index is 845. The second kappa shape index (κ2) is 6.49. The first-order valence-corrected chi connectivity index (χ1v) is 8.07. The molecular formula is C15H15N3O4S. The van der Waals surface area contributed by atoms with E-state index in [-0.39, 0.29) is 4.90 Å². The Hall–Kier alpha value is -2.87. The summed E-state index contributed by atoms with van der Waals surface area (Å²) in [6.45, 7) is 1.11. The lowest BCUT2D eigenvalue weighted by molar-refractivity contribution is -0.117. The Morgan fingerprint density at radius 3 is 2.17 bits per heavy atom. The maximum Gasteiger partial charge on any atom is 0.264 e. The first-order valence-electron chi connectivity index (χ1n) is 6.59. The number of nitrogens with two attached hydrogens (primary N) is 1. The van der Waals surface area contributed by atoms with Gasteiger partial charge in [0.15, 0.2) is 0 Å². The van der Waals surface area contributed by atoms with E-state index in [0.29, 0.717) is 16.9 Å². The van der Waals surface area contributed by atoms with Crippen LogP contribution in [0.5, 0.6) is 0 Å². The molecular weight excluding hydrogens is 318 g/mol. The molecule has 0 aromatic heterocycles. The van der Waals surface area contributed by atoms with Crippen molar-refractivity contribution in [3.63, 3.8) is 0 Å². The van der Waals surface area contributed by atoms with Crippen LogP contribution in [0, 0.1) is 0 Å². The largest absolute Gasteiger partial charge is 0.398 e. The monoisotopic (exact) mass is 333 g/mol. The van der Waals surface area contributed by atoms with Crippen LogP contribution in [-0.4, -0.2) is 20.2 Å². The second-order valence-electron chi connectivity index (χ2n) is 4.73. The fourth-order valence-corrected chi connectivity index (χ4v) is 2.86. The molecule has 120 valence electrons. The Morgan fingerprint density at radius 2 is 1.61 bits per heavy atom. The predicted molar refractivity (Wildman–Crippen MR) is 86.3 cm³/mol. The number of rotatable bonds is 4. The van der Waals surface area contributed by atoms with Crippen LogP contribution in [-0.2, 0) is 14.8 Å². The molecule has 2 aromatic rings. The lowest BCUT2D eigenvalue weighted by Crippen LogP contribution is -2.28. The van der Waals surface area contributed by atoms with E-state index in [4.69, 9.17) is 5.73 Å². The van der Waals surface area contributed by atoms with Gasteiger partial charge < -0.3 is 11.1 Å². The fourth-order valence-electron chi connectivity index (χ4n) is 1.87. The highest BCUT2D eigenvalue weighted by Crippen LogP contribution is 2.17. The van der Waals surface area contributed by atoms with E-state index in [1.807, 2.05) is 4.72 Å². The van der Waals surface area contributed by atoms with E-state index in [1.54, 1.807) is 24.3 Å². The van der Waals surface area contributed by atoms with Crippen LogP contribution in [0.1, 0.15) is 17.3 Å². The summed E-state index contributed by atoms with van der Waals surface area (Å²) >= 11 is 0. The Kier molecular flexibility index (Phi) is 4.65. The zero-order chi connectivity index (χ0) is 17.0. The molecule has 0 aliphatic heterocycles. The third-order valence-corrected chi connectivity index (χ3v) is 4.35. The van der Waals surface area contributed by atoms with Gasteiger partial charge in [-0.05, 0) is 36.4 Å². The van der Waals surface area contributed by atoms with Crippen molar-refractivity contribution in [2.75, 3.05) is 11.1 Å². The number of nitrogen functional groups attached to an aromatic ring is 1. The van der Waals surface area contributed by atoms with Crippen molar-refractivity contribution in [2.24, 2.45) is 0 Å². The molecule has 2 rings (SSSR count). The normalized spacial score (nSPS) is 10.8. The second-order valence-corrected chi connectivity index (χ2v) is 6.41. The topological polar surface area (TPSA) is 118 Å². The summed E-state index contributed by atoms with van der Waals surface area (Å²) in [6.07, 6.45) is 0. The van der Waals surface area contributed by atoms with Crippen molar-refractivity contribution in [1.82, 2.24) is 4.72 Å². The number of hydrogen-bond acceptors (Lipinski definition) is 5. The molecule has 0 aliphatic carbocycles. The summed E-state index contributed by atoms with van der Waals surface area (Å²) in [5.74, 6) is -1.08. The van der Waals surface area contributed by atoms with Gasteiger partial charge in [0.2, 0.25) is 5.91 Å². The number of nitrogens with one attached hydrogen (secondary N) is 2. The zero-order valence-corrected chi connectivity index (χ0v) is 13.1. The highest BCUT2D eigenvalue weighted by Gasteiger charge is 2.15. The van der Waals surface area contributed by atoms with Gasteiger partial charge in [-0.1, -0.05) is 12.1 Å². The van der Waals surface area contributed by atoms with Gasteiger partial charge in [0.1, 0.15) is 0 Å². The average Bonchev–Trinajstić information content (AvgIpc) is 2.47. The lowest BCUT2D eigenvalue weighted by Gasteiger charge is -2.09. The number of para-hydroxylation sites is 1. The van der Waals surface area contributed by atoms with Gasteiger partial charge in [0, 0.05) is 18.3 Å². The number of carbonyl (C=O) groups is 2. The van der Waals surface area contributed by atoms with Crippen molar-refractivity contribution >= 4 is 33.2 Å². The summed E-state index contributed by atoms with van der Waals surface area (Å²) in [5.41, 5.74) is 6.79. The number of carbonyl (C=O) groups excluding carboxylic acids is 2. The molecule has 0 saturated heterocycles. The van der Waals surface area contributed by atoms with Crippen LogP contribution in [0.4, 0.5) is 11.4 Å². The summed E-state index contributed by atoms with van der Waals surface area (Å²) < 4.78 is 25.5. The standard InChI is InChI=1S/C15H15N3O4S/c1-10(19)18-23(21,22)12-8-6-11(7-9-12)17-15(20)13-4-2-3-5-14(13)16/h2-9H,16H2,1H3,(H,17,20)(H,18,19). The van der Waals surface area contributed by atoms with Gasteiger partial charge in [0.05, 0.1) is 10.5 Å². The van der Waals surface area contributed by atoms with E-state index in [1.165, 1.54) is 24.3 Å². The van der Waals surface area contributed by atoms with E-state index < -0.39 is 21.8 Å². The number of benzene rings is 2. The summed E-state index contributed by atoms with van der Waals surface area (Å²) in [6, 6.07) is 12.0. The summed E-state index contributed by atoms with van der Waals surface area (Å²) in [7, 11) is -3.90. The van der Waals surface area contributed by atoms with E-state index in [0.717, 1.165) is 6.92 Å². The Balaban J connectivity index is 2.16. The molecule has 0 saturated carbocycles. The van der Waals surface area contributed by atoms with Crippen molar-refractivity contribution < 1.29 is 18.0 Å². The maximum atomic E-state index is 12.1. The molecule has 2 aromatic carbocycles. The van der Waals surface area contributed by atoms with Gasteiger partial charge >= 0.3 is 0 Å². The van der Waals surface area contributed by atoms with Crippen molar-refractivity contribution in [3.05, 3.63) is 54.1 Å². The van der Waals surface area contributed by atoms with Crippen LogP contribution in [0.25, 0.3) is 0 Å². The predicted octanol–water partition coefficient (Wildman–Crippen LogP) is 1.35. The molecule has 8 heteroatoms. The highest BCUT2D eigenvalue weighted by atomic mass is 32.2. The van der Waals surface area contributed by atoms with Crippen LogP contribution in [0.2, 0.25) is 0 Å². The Morgan fingerprint density at radius 1 is 1.00 bits per heavy atom. The van der Waals surface area contributed by atoms with Gasteiger partial charge in [-0.3, -0.25) is 9.59 Å². The number of anilines is 2. The van der Waals surface area contributed by atoms with Crippen molar-refractivity contribution in [2.45, 2.75) is 11.8 Å².